The number of aliphatic hydroxyl groups is 1. The Balaban J connectivity index is 2.20. The van der Waals surface area contributed by atoms with Crippen LogP contribution in [0.1, 0.15) is 43.6 Å². The average Bonchev–Trinajstić information content (AvgIpc) is 2.93. The van der Waals surface area contributed by atoms with Gasteiger partial charge in [0, 0.05) is 0 Å². The standard InChI is InChI=1S/C13H19N5O2/c1-3-4-5-13(2,6-19)18-12(20)10-9-11(16-7-14-9)17-8-15-10/h7-8,19H,3-6H2,1-2H3,(H,18,20)(H,14,15,16,17). The van der Waals surface area contributed by atoms with Gasteiger partial charge in [-0.05, 0) is 13.3 Å². The minimum absolute atomic E-state index is 0.115. The molecule has 0 bridgehead atoms. The van der Waals surface area contributed by atoms with Crippen molar-refractivity contribution in [3.8, 4) is 0 Å². The number of carbonyl (C=O) groups is 1. The number of aromatic amines is 1. The van der Waals surface area contributed by atoms with Crippen molar-refractivity contribution in [2.45, 2.75) is 38.6 Å². The molecule has 0 saturated carbocycles. The van der Waals surface area contributed by atoms with Crippen molar-refractivity contribution in [2.24, 2.45) is 0 Å². The Morgan fingerprint density at radius 3 is 2.95 bits per heavy atom. The summed E-state index contributed by atoms with van der Waals surface area (Å²) in [4.78, 5) is 27.2. The Kier molecular flexibility index (Phi) is 4.29. The molecular formula is C13H19N5O2. The van der Waals surface area contributed by atoms with Crippen LogP contribution in [0.25, 0.3) is 11.2 Å². The fourth-order valence-corrected chi connectivity index (χ4v) is 2.02. The second-order valence-corrected chi connectivity index (χ2v) is 5.10. The summed E-state index contributed by atoms with van der Waals surface area (Å²) in [5.41, 5.74) is 0.540. The van der Waals surface area contributed by atoms with Gasteiger partial charge in [-0.25, -0.2) is 15.0 Å². The maximum atomic E-state index is 12.3. The summed E-state index contributed by atoms with van der Waals surface area (Å²) in [6.45, 7) is 3.78. The third-order valence-electron chi connectivity index (χ3n) is 3.28. The number of unbranched alkanes of at least 4 members (excludes halogenated alkanes) is 1. The lowest BCUT2D eigenvalue weighted by molar-refractivity contribution is 0.0835. The maximum Gasteiger partial charge on any atom is 0.272 e. The second kappa shape index (κ2) is 5.96. The fraction of sp³-hybridized carbons (Fsp3) is 0.538. The summed E-state index contributed by atoms with van der Waals surface area (Å²) in [6.07, 6.45) is 5.42. The quantitative estimate of drug-likeness (QED) is 0.731. The monoisotopic (exact) mass is 277 g/mol. The average molecular weight is 277 g/mol. The Hall–Kier alpha value is -2.02. The number of fused-ring (bicyclic) bond motifs is 1. The molecular weight excluding hydrogens is 258 g/mol. The predicted molar refractivity (Wildman–Crippen MR) is 74.2 cm³/mol. The number of nitrogens with zero attached hydrogens (tertiary/aromatic N) is 3. The van der Waals surface area contributed by atoms with Gasteiger partial charge < -0.3 is 15.4 Å². The molecule has 0 saturated heterocycles. The first-order chi connectivity index (χ1) is 9.59. The molecule has 20 heavy (non-hydrogen) atoms. The van der Waals surface area contributed by atoms with Crippen LogP contribution in [-0.2, 0) is 0 Å². The number of rotatable bonds is 6. The molecule has 7 nitrogen and oxygen atoms in total. The highest BCUT2D eigenvalue weighted by molar-refractivity contribution is 6.02. The Morgan fingerprint density at radius 2 is 2.25 bits per heavy atom. The van der Waals surface area contributed by atoms with Crippen molar-refractivity contribution in [1.29, 1.82) is 0 Å². The highest BCUT2D eigenvalue weighted by Gasteiger charge is 2.27. The molecule has 7 heteroatoms. The van der Waals surface area contributed by atoms with E-state index >= 15 is 0 Å². The van der Waals surface area contributed by atoms with Crippen LogP contribution in [0.3, 0.4) is 0 Å². The normalized spacial score (nSPS) is 14.2. The van der Waals surface area contributed by atoms with E-state index in [0.29, 0.717) is 17.6 Å². The largest absolute Gasteiger partial charge is 0.394 e. The summed E-state index contributed by atoms with van der Waals surface area (Å²) in [5, 5.41) is 12.4. The minimum Gasteiger partial charge on any atom is -0.394 e. The van der Waals surface area contributed by atoms with E-state index in [-0.39, 0.29) is 18.2 Å². The minimum atomic E-state index is -0.648. The first-order valence-corrected chi connectivity index (χ1v) is 6.67. The summed E-state index contributed by atoms with van der Waals surface area (Å²) >= 11 is 0. The molecule has 0 aliphatic carbocycles. The van der Waals surface area contributed by atoms with E-state index in [4.69, 9.17) is 0 Å². The van der Waals surface area contributed by atoms with E-state index in [1.165, 1.54) is 12.7 Å². The number of aromatic nitrogens is 4. The summed E-state index contributed by atoms with van der Waals surface area (Å²) in [6, 6.07) is 0. The number of imidazole rings is 1. The van der Waals surface area contributed by atoms with Crippen LogP contribution in [-0.4, -0.2) is 43.1 Å². The van der Waals surface area contributed by atoms with Crippen molar-refractivity contribution in [1.82, 2.24) is 25.3 Å². The fourth-order valence-electron chi connectivity index (χ4n) is 2.02. The van der Waals surface area contributed by atoms with Gasteiger partial charge in [-0.2, -0.15) is 0 Å². The van der Waals surface area contributed by atoms with Gasteiger partial charge in [-0.1, -0.05) is 19.8 Å². The first-order valence-electron chi connectivity index (χ1n) is 6.67. The number of hydrogen-bond acceptors (Lipinski definition) is 5. The zero-order valence-electron chi connectivity index (χ0n) is 11.7. The molecule has 3 N–H and O–H groups in total. The lowest BCUT2D eigenvalue weighted by atomic mass is 9.95. The Labute approximate surface area is 116 Å². The topological polar surface area (TPSA) is 104 Å². The molecule has 0 aromatic carbocycles. The Bertz CT molecular complexity index is 597. The molecule has 108 valence electrons. The molecule has 1 amide bonds. The third-order valence-corrected chi connectivity index (χ3v) is 3.28. The molecule has 0 aliphatic rings. The Morgan fingerprint density at radius 1 is 1.45 bits per heavy atom. The van der Waals surface area contributed by atoms with Crippen LogP contribution in [0.4, 0.5) is 0 Å². The zero-order chi connectivity index (χ0) is 14.6. The molecule has 0 aliphatic heterocycles. The second-order valence-electron chi connectivity index (χ2n) is 5.10. The van der Waals surface area contributed by atoms with Gasteiger partial charge >= 0.3 is 0 Å². The third kappa shape index (κ3) is 2.93. The highest BCUT2D eigenvalue weighted by atomic mass is 16.3. The van der Waals surface area contributed by atoms with E-state index < -0.39 is 5.54 Å². The lowest BCUT2D eigenvalue weighted by Gasteiger charge is -2.28. The predicted octanol–water partition coefficient (Wildman–Crippen LogP) is 1.02. The molecule has 2 aromatic rings. The SMILES string of the molecule is CCCCC(C)(CO)NC(=O)c1ncnc2nc[nH]c12. The smallest absolute Gasteiger partial charge is 0.272 e. The van der Waals surface area contributed by atoms with Crippen molar-refractivity contribution >= 4 is 17.1 Å². The zero-order valence-corrected chi connectivity index (χ0v) is 11.7. The molecule has 2 rings (SSSR count). The molecule has 1 atom stereocenters. The summed E-state index contributed by atoms with van der Waals surface area (Å²) in [7, 11) is 0. The highest BCUT2D eigenvalue weighted by Crippen LogP contribution is 2.16. The lowest BCUT2D eigenvalue weighted by Crippen LogP contribution is -2.49. The van der Waals surface area contributed by atoms with Gasteiger partial charge in [0.25, 0.3) is 5.91 Å². The van der Waals surface area contributed by atoms with Crippen molar-refractivity contribution < 1.29 is 9.90 Å². The summed E-state index contributed by atoms with van der Waals surface area (Å²) < 4.78 is 0. The van der Waals surface area contributed by atoms with Crippen molar-refractivity contribution in [3.05, 3.63) is 18.3 Å². The van der Waals surface area contributed by atoms with Crippen molar-refractivity contribution in [3.63, 3.8) is 0 Å². The van der Waals surface area contributed by atoms with Crippen LogP contribution in [0, 0.1) is 0 Å². The number of aliphatic hydroxyl groups excluding tert-OH is 1. The molecule has 0 fully saturated rings. The van der Waals surface area contributed by atoms with Crippen LogP contribution in [0.2, 0.25) is 0 Å². The van der Waals surface area contributed by atoms with Crippen LogP contribution >= 0.6 is 0 Å². The maximum absolute atomic E-state index is 12.3. The van der Waals surface area contributed by atoms with Crippen molar-refractivity contribution in [2.75, 3.05) is 6.61 Å². The number of nitrogens with one attached hydrogen (secondary N) is 2. The van der Waals surface area contributed by atoms with E-state index in [0.717, 1.165) is 12.8 Å². The van der Waals surface area contributed by atoms with Gasteiger partial charge in [0.2, 0.25) is 0 Å². The number of hydrogen-bond donors (Lipinski definition) is 3. The van der Waals surface area contributed by atoms with E-state index in [9.17, 15) is 9.90 Å². The van der Waals surface area contributed by atoms with E-state index in [2.05, 4.69) is 32.2 Å². The summed E-state index contributed by atoms with van der Waals surface area (Å²) in [5.74, 6) is -0.339. The molecule has 2 heterocycles. The van der Waals surface area contributed by atoms with Gasteiger partial charge in [0.1, 0.15) is 11.8 Å². The van der Waals surface area contributed by atoms with Gasteiger partial charge in [-0.3, -0.25) is 4.79 Å². The number of amides is 1. The van der Waals surface area contributed by atoms with Gasteiger partial charge in [0.05, 0.1) is 18.5 Å². The van der Waals surface area contributed by atoms with E-state index in [1.807, 2.05) is 6.92 Å². The van der Waals surface area contributed by atoms with E-state index in [1.54, 1.807) is 0 Å². The number of H-pyrrole nitrogens is 1. The first kappa shape index (κ1) is 14.4. The molecule has 2 aromatic heterocycles. The van der Waals surface area contributed by atoms with Crippen LogP contribution in [0.15, 0.2) is 12.7 Å². The molecule has 1 unspecified atom stereocenters. The van der Waals surface area contributed by atoms with Crippen LogP contribution in [0.5, 0.6) is 0 Å². The molecule has 0 spiro atoms. The van der Waals surface area contributed by atoms with Gasteiger partial charge in [-0.15, -0.1) is 0 Å². The number of carbonyl (C=O) groups excluding carboxylic acids is 1. The molecule has 0 radical (unpaired) electrons. The van der Waals surface area contributed by atoms with Gasteiger partial charge in [0.15, 0.2) is 11.3 Å². The van der Waals surface area contributed by atoms with Crippen LogP contribution < -0.4 is 5.32 Å².